The minimum Gasteiger partial charge on any atom is -0.315 e. The number of hydrogen-bond acceptors (Lipinski definition) is 6. The molecule has 140 valence electrons. The summed E-state index contributed by atoms with van der Waals surface area (Å²) in [7, 11) is -3.66. The van der Waals surface area contributed by atoms with Gasteiger partial charge in [0.05, 0.1) is 17.0 Å². The maximum Gasteiger partial charge on any atom is 0.246 e. The number of carbonyl (C=O) groups excluding carboxylic acids is 1. The van der Waals surface area contributed by atoms with Gasteiger partial charge in [-0.2, -0.15) is 14.7 Å². The molecule has 0 unspecified atom stereocenters. The highest BCUT2D eigenvalue weighted by Gasteiger charge is 2.29. The SMILES string of the molecule is CCN(CC)S(=O)(=O)c1c(C)nn(CC(=O)Nc2sccc2C#N)c1C. The Labute approximate surface area is 157 Å². The second-order valence-electron chi connectivity index (χ2n) is 5.57. The summed E-state index contributed by atoms with van der Waals surface area (Å²) in [4.78, 5) is 12.4. The molecule has 0 aliphatic heterocycles. The zero-order chi connectivity index (χ0) is 19.5. The topological polar surface area (TPSA) is 108 Å². The van der Waals surface area contributed by atoms with Gasteiger partial charge in [0.1, 0.15) is 22.5 Å². The second-order valence-corrected chi connectivity index (χ2v) is 8.36. The average Bonchev–Trinajstić information content (AvgIpc) is 3.12. The Hall–Kier alpha value is -2.22. The molecule has 26 heavy (non-hydrogen) atoms. The van der Waals surface area contributed by atoms with Crippen LogP contribution >= 0.6 is 11.3 Å². The van der Waals surface area contributed by atoms with Crippen molar-refractivity contribution in [3.8, 4) is 6.07 Å². The Morgan fingerprint density at radius 3 is 2.62 bits per heavy atom. The van der Waals surface area contributed by atoms with Crippen molar-refractivity contribution < 1.29 is 13.2 Å². The zero-order valence-corrected chi connectivity index (χ0v) is 16.7. The fourth-order valence-corrected chi connectivity index (χ4v) is 5.28. The van der Waals surface area contributed by atoms with E-state index in [2.05, 4.69) is 10.4 Å². The zero-order valence-electron chi connectivity index (χ0n) is 15.1. The first kappa shape index (κ1) is 20.1. The number of nitrogens with zero attached hydrogens (tertiary/aromatic N) is 4. The van der Waals surface area contributed by atoms with Crippen molar-refractivity contribution in [2.24, 2.45) is 0 Å². The number of nitrogens with one attached hydrogen (secondary N) is 1. The van der Waals surface area contributed by atoms with Crippen molar-refractivity contribution >= 4 is 32.3 Å². The van der Waals surface area contributed by atoms with Crippen LogP contribution < -0.4 is 5.32 Å². The van der Waals surface area contributed by atoms with Crippen molar-refractivity contribution in [2.75, 3.05) is 18.4 Å². The molecule has 0 atom stereocenters. The number of thiophene rings is 1. The van der Waals surface area contributed by atoms with Crippen molar-refractivity contribution in [3.05, 3.63) is 28.4 Å². The Balaban J connectivity index is 2.28. The summed E-state index contributed by atoms with van der Waals surface area (Å²) >= 11 is 1.25. The summed E-state index contributed by atoms with van der Waals surface area (Å²) in [5.74, 6) is -0.374. The number of aryl methyl sites for hydroxylation is 1. The van der Waals surface area contributed by atoms with E-state index >= 15 is 0 Å². The molecule has 0 fully saturated rings. The smallest absolute Gasteiger partial charge is 0.246 e. The minimum atomic E-state index is -3.66. The third-order valence-electron chi connectivity index (χ3n) is 3.95. The van der Waals surface area contributed by atoms with Crippen molar-refractivity contribution in [1.29, 1.82) is 5.26 Å². The van der Waals surface area contributed by atoms with Crippen molar-refractivity contribution in [1.82, 2.24) is 14.1 Å². The monoisotopic (exact) mass is 395 g/mol. The van der Waals surface area contributed by atoms with Crippen LogP contribution in [0, 0.1) is 25.2 Å². The Morgan fingerprint density at radius 2 is 2.04 bits per heavy atom. The van der Waals surface area contributed by atoms with Crippen LogP contribution in [0.5, 0.6) is 0 Å². The molecule has 0 aliphatic carbocycles. The summed E-state index contributed by atoms with van der Waals surface area (Å²) in [6, 6.07) is 3.63. The Bertz CT molecular complexity index is 949. The van der Waals surface area contributed by atoms with Crippen LogP contribution in [0.25, 0.3) is 0 Å². The van der Waals surface area contributed by atoms with E-state index in [1.807, 2.05) is 6.07 Å². The van der Waals surface area contributed by atoms with E-state index in [0.29, 0.717) is 35.0 Å². The van der Waals surface area contributed by atoms with E-state index in [9.17, 15) is 13.2 Å². The summed E-state index contributed by atoms with van der Waals surface area (Å²) in [5, 5.41) is 18.1. The van der Waals surface area contributed by atoms with E-state index in [-0.39, 0.29) is 17.3 Å². The predicted molar refractivity (Wildman–Crippen MR) is 99.5 cm³/mol. The molecular weight excluding hydrogens is 374 g/mol. The highest BCUT2D eigenvalue weighted by Crippen LogP contribution is 2.24. The normalized spacial score (nSPS) is 11.5. The number of nitriles is 1. The molecule has 10 heteroatoms. The summed E-state index contributed by atoms with van der Waals surface area (Å²) in [5.41, 5.74) is 1.16. The van der Waals surface area contributed by atoms with Gasteiger partial charge in [-0.3, -0.25) is 9.48 Å². The second kappa shape index (κ2) is 7.99. The van der Waals surface area contributed by atoms with Crippen LogP contribution in [-0.2, 0) is 21.4 Å². The molecule has 2 heterocycles. The molecular formula is C16H21N5O3S2. The van der Waals surface area contributed by atoms with Gasteiger partial charge in [0.15, 0.2) is 0 Å². The first-order valence-corrected chi connectivity index (χ1v) is 10.4. The summed E-state index contributed by atoms with van der Waals surface area (Å²) < 4.78 is 28.4. The van der Waals surface area contributed by atoms with Gasteiger partial charge in [-0.05, 0) is 25.3 Å². The van der Waals surface area contributed by atoms with Crippen LogP contribution in [0.2, 0.25) is 0 Å². The third-order valence-corrected chi connectivity index (χ3v) is 7.08. The third kappa shape index (κ3) is 3.80. The highest BCUT2D eigenvalue weighted by atomic mass is 32.2. The molecule has 2 rings (SSSR count). The Kier molecular flexibility index (Phi) is 6.17. The van der Waals surface area contributed by atoms with Crippen LogP contribution in [0.15, 0.2) is 16.3 Å². The van der Waals surface area contributed by atoms with Gasteiger partial charge in [-0.15, -0.1) is 11.3 Å². The quantitative estimate of drug-likeness (QED) is 0.772. The maximum absolute atomic E-state index is 12.8. The minimum absolute atomic E-state index is 0.136. The van der Waals surface area contributed by atoms with Gasteiger partial charge < -0.3 is 5.32 Å². The van der Waals surface area contributed by atoms with E-state index in [0.717, 1.165) is 0 Å². The van der Waals surface area contributed by atoms with E-state index in [4.69, 9.17) is 5.26 Å². The molecule has 0 bridgehead atoms. The van der Waals surface area contributed by atoms with Crippen LogP contribution in [0.3, 0.4) is 0 Å². The van der Waals surface area contributed by atoms with Gasteiger partial charge in [-0.1, -0.05) is 13.8 Å². The molecule has 0 aromatic carbocycles. The first-order chi connectivity index (χ1) is 12.3. The van der Waals surface area contributed by atoms with Gasteiger partial charge in [-0.25, -0.2) is 8.42 Å². The number of carbonyl (C=O) groups is 1. The number of rotatable bonds is 7. The largest absolute Gasteiger partial charge is 0.315 e. The van der Waals surface area contributed by atoms with Crippen LogP contribution in [-0.4, -0.2) is 41.5 Å². The highest BCUT2D eigenvalue weighted by molar-refractivity contribution is 7.89. The molecule has 0 aliphatic rings. The number of hydrogen-bond donors (Lipinski definition) is 1. The molecule has 0 saturated heterocycles. The molecule has 0 spiro atoms. The molecule has 0 saturated carbocycles. The number of aromatic nitrogens is 2. The van der Waals surface area contributed by atoms with E-state index < -0.39 is 10.0 Å². The number of sulfonamides is 1. The standard InChI is InChI=1S/C16H21N5O3S2/c1-5-20(6-2)26(23,24)15-11(3)19-21(12(15)4)10-14(22)18-16-13(9-17)7-8-25-16/h7-8H,5-6,10H2,1-4H3,(H,18,22). The first-order valence-electron chi connectivity index (χ1n) is 8.07. The molecule has 1 amide bonds. The van der Waals surface area contributed by atoms with Gasteiger partial charge in [0, 0.05) is 13.1 Å². The lowest BCUT2D eigenvalue weighted by atomic mass is 10.3. The lowest BCUT2D eigenvalue weighted by molar-refractivity contribution is -0.116. The summed E-state index contributed by atoms with van der Waals surface area (Å²) in [6.07, 6.45) is 0. The van der Waals surface area contributed by atoms with Gasteiger partial charge in [0.2, 0.25) is 15.9 Å². The molecule has 0 radical (unpaired) electrons. The van der Waals surface area contributed by atoms with Gasteiger partial charge in [0.25, 0.3) is 0 Å². The summed E-state index contributed by atoms with van der Waals surface area (Å²) in [6.45, 7) is 7.38. The number of amides is 1. The lowest BCUT2D eigenvalue weighted by Crippen LogP contribution is -2.31. The lowest BCUT2D eigenvalue weighted by Gasteiger charge is -2.18. The fourth-order valence-electron chi connectivity index (χ4n) is 2.70. The molecule has 1 N–H and O–H groups in total. The molecule has 2 aromatic rings. The molecule has 8 nitrogen and oxygen atoms in total. The van der Waals surface area contributed by atoms with E-state index in [1.165, 1.54) is 20.3 Å². The van der Waals surface area contributed by atoms with Crippen molar-refractivity contribution in [3.63, 3.8) is 0 Å². The average molecular weight is 396 g/mol. The van der Waals surface area contributed by atoms with Crippen LogP contribution in [0.4, 0.5) is 5.00 Å². The maximum atomic E-state index is 12.8. The predicted octanol–water partition coefficient (Wildman–Crippen LogP) is 2.10. The fraction of sp³-hybridized carbons (Fsp3) is 0.438. The van der Waals surface area contributed by atoms with Gasteiger partial charge >= 0.3 is 0 Å². The Morgan fingerprint density at radius 1 is 1.38 bits per heavy atom. The van der Waals surface area contributed by atoms with Crippen LogP contribution in [0.1, 0.15) is 30.8 Å². The van der Waals surface area contributed by atoms with Crippen molar-refractivity contribution in [2.45, 2.75) is 39.1 Å². The molecule has 2 aromatic heterocycles. The van der Waals surface area contributed by atoms with E-state index in [1.54, 1.807) is 39.1 Å². The number of anilines is 1.